The van der Waals surface area contributed by atoms with Gasteiger partial charge in [-0.15, -0.1) is 0 Å². The van der Waals surface area contributed by atoms with Gasteiger partial charge in [0, 0.05) is 0 Å². The van der Waals surface area contributed by atoms with Gasteiger partial charge in [0.15, 0.2) is 0 Å². The summed E-state index contributed by atoms with van der Waals surface area (Å²) in [5, 5.41) is 0. The van der Waals surface area contributed by atoms with Gasteiger partial charge in [-0.3, -0.25) is 0 Å². The second-order valence-corrected chi connectivity index (χ2v) is 5.41. The molecule has 0 nitrogen and oxygen atoms in total. The third-order valence-corrected chi connectivity index (χ3v) is 2.17. The molecule has 0 amide bonds. The van der Waals surface area contributed by atoms with Crippen molar-refractivity contribution in [2.75, 3.05) is 4.35 Å². The molecule has 0 spiro atoms. The first-order valence-corrected chi connectivity index (χ1v) is 6.74. The molecular formula is C13H19ClPd. The standard InChI is InChI=1S/C12H17.CH2Cl.Pd/c1-9(2)11-6-5-7-12(8-11)10(3)4;1-2;/h6-10H,1-4H3;1H2;. The summed E-state index contributed by atoms with van der Waals surface area (Å²) in [6.07, 6.45) is 0. The molecule has 0 aliphatic heterocycles. The molecule has 0 saturated heterocycles. The zero-order chi connectivity index (χ0) is 11.8. The average molecular weight is 317 g/mol. The van der Waals surface area contributed by atoms with Crippen molar-refractivity contribution in [1.82, 2.24) is 0 Å². The van der Waals surface area contributed by atoms with E-state index < -0.39 is 0 Å². The molecule has 0 aliphatic carbocycles. The summed E-state index contributed by atoms with van der Waals surface area (Å²) in [4.78, 5) is 0. The van der Waals surface area contributed by atoms with Gasteiger partial charge in [-0.05, 0) is 29.0 Å². The van der Waals surface area contributed by atoms with Gasteiger partial charge in [-0.25, -0.2) is 0 Å². The van der Waals surface area contributed by atoms with Crippen LogP contribution in [0.1, 0.15) is 50.7 Å². The molecule has 0 aliphatic rings. The van der Waals surface area contributed by atoms with Crippen LogP contribution in [-0.2, 0) is 19.2 Å². The van der Waals surface area contributed by atoms with Crippen LogP contribution in [0.25, 0.3) is 0 Å². The Morgan fingerprint density at radius 3 is 1.73 bits per heavy atom. The SMILES string of the molecule is CC(C)c1c[c]cc(C(C)C)c1.Cl[CH2][Pd]. The van der Waals surface area contributed by atoms with E-state index in [0.29, 0.717) is 16.2 Å². The Labute approximate surface area is 110 Å². The quantitative estimate of drug-likeness (QED) is 0.558. The van der Waals surface area contributed by atoms with Crippen LogP contribution in [0.3, 0.4) is 0 Å². The number of rotatable bonds is 2. The molecule has 88 valence electrons. The predicted octanol–water partition coefficient (Wildman–Crippen LogP) is 4.46. The molecule has 0 unspecified atom stereocenters. The second kappa shape index (κ2) is 8.34. The molecule has 1 aromatic rings. The van der Waals surface area contributed by atoms with E-state index in [2.05, 4.69) is 71.2 Å². The van der Waals surface area contributed by atoms with Crippen molar-refractivity contribution in [2.45, 2.75) is 39.5 Å². The molecule has 2 heteroatoms. The molecule has 0 saturated carbocycles. The minimum absolute atomic E-state index is 0.572. The van der Waals surface area contributed by atoms with Crippen LogP contribution in [-0.4, -0.2) is 4.35 Å². The van der Waals surface area contributed by atoms with Crippen molar-refractivity contribution in [3.8, 4) is 0 Å². The third-order valence-electron chi connectivity index (χ3n) is 2.17. The van der Waals surface area contributed by atoms with Crippen LogP contribution >= 0.6 is 11.6 Å². The fraction of sp³-hybridized carbons (Fsp3) is 0.538. The van der Waals surface area contributed by atoms with Crippen LogP contribution in [0.5, 0.6) is 0 Å². The maximum atomic E-state index is 4.93. The van der Waals surface area contributed by atoms with Crippen molar-refractivity contribution in [3.63, 3.8) is 0 Å². The van der Waals surface area contributed by atoms with Crippen molar-refractivity contribution < 1.29 is 19.2 Å². The number of alkyl halides is 1. The third kappa shape index (κ3) is 6.36. The average Bonchev–Trinajstić information content (AvgIpc) is 2.19. The van der Waals surface area contributed by atoms with E-state index >= 15 is 0 Å². The van der Waals surface area contributed by atoms with Crippen LogP contribution in [0, 0.1) is 6.07 Å². The van der Waals surface area contributed by atoms with E-state index in [1.54, 1.807) is 0 Å². The Bertz CT molecular complexity index is 246. The van der Waals surface area contributed by atoms with E-state index in [0.717, 1.165) is 0 Å². The zero-order valence-corrected chi connectivity index (χ0v) is 12.1. The molecule has 15 heavy (non-hydrogen) atoms. The van der Waals surface area contributed by atoms with E-state index in [1.807, 2.05) is 0 Å². The van der Waals surface area contributed by atoms with E-state index in [4.69, 9.17) is 11.6 Å². The van der Waals surface area contributed by atoms with Crippen molar-refractivity contribution in [2.24, 2.45) is 0 Å². The fourth-order valence-electron chi connectivity index (χ4n) is 1.18. The molecule has 0 fully saturated rings. The molecule has 0 N–H and O–H groups in total. The fourth-order valence-corrected chi connectivity index (χ4v) is 1.18. The molecule has 0 heterocycles. The summed E-state index contributed by atoms with van der Waals surface area (Å²) < 4.78 is 0.572. The number of hydrogen-bond acceptors (Lipinski definition) is 0. The summed E-state index contributed by atoms with van der Waals surface area (Å²) in [5.74, 6) is 1.22. The van der Waals surface area contributed by atoms with Gasteiger partial charge in [-0.1, -0.05) is 45.9 Å². The monoisotopic (exact) mass is 316 g/mol. The summed E-state index contributed by atoms with van der Waals surface area (Å²) in [5.41, 5.74) is 2.78. The molecular weight excluding hydrogens is 298 g/mol. The van der Waals surface area contributed by atoms with Crippen LogP contribution in [0.2, 0.25) is 0 Å². The van der Waals surface area contributed by atoms with Gasteiger partial charge in [0.2, 0.25) is 0 Å². The van der Waals surface area contributed by atoms with Crippen molar-refractivity contribution in [3.05, 3.63) is 35.4 Å². The summed E-state index contributed by atoms with van der Waals surface area (Å²) in [6.45, 7) is 8.86. The summed E-state index contributed by atoms with van der Waals surface area (Å²) in [6, 6.07) is 9.64. The van der Waals surface area contributed by atoms with Gasteiger partial charge in [0.05, 0.1) is 0 Å². The Morgan fingerprint density at radius 2 is 1.47 bits per heavy atom. The molecule has 1 aromatic carbocycles. The molecule has 0 bridgehead atoms. The van der Waals surface area contributed by atoms with Crippen LogP contribution in [0.15, 0.2) is 18.2 Å². The Kier molecular flexibility index (Phi) is 8.43. The zero-order valence-electron chi connectivity index (χ0n) is 9.79. The Hall–Kier alpha value is 0.172. The van der Waals surface area contributed by atoms with Gasteiger partial charge >= 0.3 is 35.2 Å². The summed E-state index contributed by atoms with van der Waals surface area (Å²) >= 11 is 7.64. The normalized spacial score (nSPS) is 10.2. The minimum atomic E-state index is 0.572. The topological polar surface area (TPSA) is 0 Å². The predicted molar refractivity (Wildman–Crippen MR) is 64.2 cm³/mol. The molecule has 0 atom stereocenters. The molecule has 1 rings (SSSR count). The van der Waals surface area contributed by atoms with Gasteiger partial charge < -0.3 is 0 Å². The van der Waals surface area contributed by atoms with Crippen LogP contribution in [0.4, 0.5) is 0 Å². The van der Waals surface area contributed by atoms with E-state index in [-0.39, 0.29) is 0 Å². The molecule has 0 aromatic heterocycles. The number of hydrogen-bond donors (Lipinski definition) is 0. The second-order valence-electron chi connectivity index (χ2n) is 3.99. The molecule has 1 radical (unpaired) electrons. The van der Waals surface area contributed by atoms with Gasteiger partial charge in [0.25, 0.3) is 0 Å². The first-order valence-electron chi connectivity index (χ1n) is 5.11. The van der Waals surface area contributed by atoms with Gasteiger partial charge in [-0.2, -0.15) is 0 Å². The van der Waals surface area contributed by atoms with E-state index in [9.17, 15) is 0 Å². The van der Waals surface area contributed by atoms with E-state index in [1.165, 1.54) is 11.1 Å². The Balaban J connectivity index is 0.000000583. The van der Waals surface area contributed by atoms with Gasteiger partial charge in [0.1, 0.15) is 0 Å². The number of halogens is 1. The maximum absolute atomic E-state index is 4.93. The summed E-state index contributed by atoms with van der Waals surface area (Å²) in [7, 11) is 0. The first kappa shape index (κ1) is 15.2. The Morgan fingerprint density at radius 1 is 1.13 bits per heavy atom. The first-order chi connectivity index (χ1) is 7.02. The van der Waals surface area contributed by atoms with Crippen LogP contribution < -0.4 is 0 Å². The van der Waals surface area contributed by atoms with Crippen molar-refractivity contribution >= 4 is 11.6 Å². The number of benzene rings is 1. The van der Waals surface area contributed by atoms with Crippen molar-refractivity contribution in [1.29, 1.82) is 0 Å².